The fraction of sp³-hybridized carbons (Fsp3) is 0.500. The van der Waals surface area contributed by atoms with Crippen LogP contribution in [0, 0.1) is 5.82 Å². The number of morpholine rings is 1. The Morgan fingerprint density at radius 1 is 1.53 bits per heavy atom. The normalized spacial score (nSPS) is 21.7. The van der Waals surface area contributed by atoms with Crippen molar-refractivity contribution in [2.75, 3.05) is 25.6 Å². The van der Waals surface area contributed by atoms with Crippen molar-refractivity contribution in [3.63, 3.8) is 0 Å². The number of hydrogen-bond acceptors (Lipinski definition) is 2. The average molecular weight is 323 g/mol. The molecule has 5 heteroatoms. The van der Waals surface area contributed by atoms with Crippen molar-refractivity contribution in [1.29, 1.82) is 0 Å². The molecule has 1 aliphatic rings. The van der Waals surface area contributed by atoms with Crippen molar-refractivity contribution in [3.05, 3.63) is 34.1 Å². The van der Waals surface area contributed by atoms with Crippen LogP contribution in [0.25, 0.3) is 0 Å². The maximum atomic E-state index is 13.6. The van der Waals surface area contributed by atoms with E-state index in [2.05, 4.69) is 20.8 Å². The van der Waals surface area contributed by atoms with E-state index in [0.29, 0.717) is 31.2 Å². The SMILES string of the molecule is Fc1ccc(Br)cc1CN1CCOCC1CCl. The van der Waals surface area contributed by atoms with Crippen LogP contribution >= 0.6 is 27.5 Å². The Balaban J connectivity index is 2.10. The van der Waals surface area contributed by atoms with Crippen molar-refractivity contribution in [3.8, 4) is 0 Å². The van der Waals surface area contributed by atoms with Crippen molar-refractivity contribution >= 4 is 27.5 Å². The molecule has 1 aliphatic heterocycles. The minimum atomic E-state index is -0.173. The fourth-order valence-electron chi connectivity index (χ4n) is 1.92. The minimum Gasteiger partial charge on any atom is -0.378 e. The lowest BCUT2D eigenvalue weighted by molar-refractivity contribution is -0.00348. The second kappa shape index (κ2) is 6.14. The summed E-state index contributed by atoms with van der Waals surface area (Å²) in [6.45, 7) is 2.68. The van der Waals surface area contributed by atoms with Crippen LogP contribution in [-0.4, -0.2) is 36.6 Å². The number of hydrogen-bond donors (Lipinski definition) is 0. The van der Waals surface area contributed by atoms with Gasteiger partial charge in [0.05, 0.1) is 13.2 Å². The molecule has 0 aliphatic carbocycles. The molecule has 1 unspecified atom stereocenters. The highest BCUT2D eigenvalue weighted by Gasteiger charge is 2.23. The highest BCUT2D eigenvalue weighted by molar-refractivity contribution is 9.10. The summed E-state index contributed by atoms with van der Waals surface area (Å²) in [6.07, 6.45) is 0. The van der Waals surface area contributed by atoms with Gasteiger partial charge in [-0.1, -0.05) is 15.9 Å². The van der Waals surface area contributed by atoms with E-state index in [1.165, 1.54) is 6.07 Å². The van der Waals surface area contributed by atoms with Crippen LogP contribution in [-0.2, 0) is 11.3 Å². The van der Waals surface area contributed by atoms with E-state index in [9.17, 15) is 4.39 Å². The molecule has 1 atom stereocenters. The van der Waals surface area contributed by atoms with Gasteiger partial charge in [0.15, 0.2) is 0 Å². The molecule has 17 heavy (non-hydrogen) atoms. The summed E-state index contributed by atoms with van der Waals surface area (Å²) < 4.78 is 19.9. The topological polar surface area (TPSA) is 12.5 Å². The average Bonchev–Trinajstić information content (AvgIpc) is 2.34. The molecule has 0 amide bonds. The van der Waals surface area contributed by atoms with E-state index in [1.54, 1.807) is 6.07 Å². The molecule has 0 aromatic heterocycles. The Morgan fingerprint density at radius 2 is 2.35 bits per heavy atom. The van der Waals surface area contributed by atoms with E-state index in [0.717, 1.165) is 11.0 Å². The van der Waals surface area contributed by atoms with Crippen LogP contribution < -0.4 is 0 Å². The van der Waals surface area contributed by atoms with E-state index in [1.807, 2.05) is 6.07 Å². The summed E-state index contributed by atoms with van der Waals surface area (Å²) in [6, 6.07) is 5.17. The molecule has 0 bridgehead atoms. The van der Waals surface area contributed by atoms with Gasteiger partial charge in [-0.2, -0.15) is 0 Å². The zero-order valence-corrected chi connectivity index (χ0v) is 11.7. The van der Waals surface area contributed by atoms with Crippen molar-refractivity contribution in [2.24, 2.45) is 0 Å². The molecule has 0 N–H and O–H groups in total. The van der Waals surface area contributed by atoms with Crippen LogP contribution in [0.15, 0.2) is 22.7 Å². The quantitative estimate of drug-likeness (QED) is 0.793. The molecule has 1 saturated heterocycles. The van der Waals surface area contributed by atoms with E-state index in [-0.39, 0.29) is 11.9 Å². The van der Waals surface area contributed by atoms with Gasteiger partial charge in [-0.05, 0) is 18.2 Å². The first-order valence-corrected chi connectivity index (χ1v) is 6.85. The van der Waals surface area contributed by atoms with Gasteiger partial charge in [0.25, 0.3) is 0 Å². The Morgan fingerprint density at radius 3 is 3.12 bits per heavy atom. The number of nitrogens with zero attached hydrogens (tertiary/aromatic N) is 1. The maximum Gasteiger partial charge on any atom is 0.127 e. The van der Waals surface area contributed by atoms with Gasteiger partial charge < -0.3 is 4.74 Å². The summed E-state index contributed by atoms with van der Waals surface area (Å²) in [5, 5.41) is 0. The second-order valence-corrected chi connectivity index (χ2v) is 5.31. The first kappa shape index (κ1) is 13.3. The van der Waals surface area contributed by atoms with Gasteiger partial charge in [0.2, 0.25) is 0 Å². The highest BCUT2D eigenvalue weighted by atomic mass is 79.9. The highest BCUT2D eigenvalue weighted by Crippen LogP contribution is 2.19. The number of alkyl halides is 1. The monoisotopic (exact) mass is 321 g/mol. The summed E-state index contributed by atoms with van der Waals surface area (Å²) in [7, 11) is 0. The molecular formula is C12H14BrClFNO. The lowest BCUT2D eigenvalue weighted by Gasteiger charge is -2.34. The number of benzene rings is 1. The molecule has 94 valence electrons. The Kier molecular flexibility index (Phi) is 4.79. The third-order valence-corrected chi connectivity index (χ3v) is 3.76. The number of halogens is 3. The lowest BCUT2D eigenvalue weighted by atomic mass is 10.1. The third-order valence-electron chi connectivity index (χ3n) is 2.91. The molecule has 2 nitrogen and oxygen atoms in total. The molecule has 1 aromatic rings. The van der Waals surface area contributed by atoms with Gasteiger partial charge in [-0.25, -0.2) is 4.39 Å². The second-order valence-electron chi connectivity index (χ2n) is 4.09. The molecular weight excluding hydrogens is 308 g/mol. The van der Waals surface area contributed by atoms with Crippen LogP contribution in [0.3, 0.4) is 0 Å². The molecule has 0 radical (unpaired) electrons. The predicted octanol–water partition coefficient (Wildman–Crippen LogP) is 3.03. The van der Waals surface area contributed by atoms with Gasteiger partial charge in [0.1, 0.15) is 5.82 Å². The van der Waals surface area contributed by atoms with Gasteiger partial charge in [-0.3, -0.25) is 4.90 Å². The fourth-order valence-corrected chi connectivity index (χ4v) is 2.62. The predicted molar refractivity (Wildman–Crippen MR) is 69.8 cm³/mol. The van der Waals surface area contributed by atoms with E-state index in [4.69, 9.17) is 16.3 Å². The van der Waals surface area contributed by atoms with Crippen LogP contribution in [0.1, 0.15) is 5.56 Å². The van der Waals surface area contributed by atoms with Gasteiger partial charge in [0, 0.05) is 35.0 Å². The maximum absolute atomic E-state index is 13.6. The van der Waals surface area contributed by atoms with Gasteiger partial charge in [-0.15, -0.1) is 11.6 Å². The van der Waals surface area contributed by atoms with Gasteiger partial charge >= 0.3 is 0 Å². The first-order valence-electron chi connectivity index (χ1n) is 5.52. The van der Waals surface area contributed by atoms with E-state index < -0.39 is 0 Å². The number of ether oxygens (including phenoxy) is 1. The van der Waals surface area contributed by atoms with Crippen molar-refractivity contribution in [1.82, 2.24) is 4.90 Å². The molecule has 1 fully saturated rings. The zero-order chi connectivity index (χ0) is 12.3. The Labute approximate surface area is 114 Å². The standard InChI is InChI=1S/C12H14BrClFNO/c13-10-1-2-12(15)9(5-10)7-16-3-4-17-8-11(16)6-14/h1-2,5,11H,3-4,6-8H2. The van der Waals surface area contributed by atoms with E-state index >= 15 is 0 Å². The largest absolute Gasteiger partial charge is 0.378 e. The Bertz CT molecular complexity index is 391. The third kappa shape index (κ3) is 3.41. The van der Waals surface area contributed by atoms with Crippen LogP contribution in [0.5, 0.6) is 0 Å². The molecule has 0 saturated carbocycles. The molecule has 0 spiro atoms. The number of rotatable bonds is 3. The molecule has 1 heterocycles. The summed E-state index contributed by atoms with van der Waals surface area (Å²) >= 11 is 9.25. The molecule has 2 rings (SSSR count). The molecule has 1 aromatic carbocycles. The first-order chi connectivity index (χ1) is 8.20. The van der Waals surface area contributed by atoms with Crippen molar-refractivity contribution < 1.29 is 9.13 Å². The van der Waals surface area contributed by atoms with Crippen LogP contribution in [0.4, 0.5) is 4.39 Å². The smallest absolute Gasteiger partial charge is 0.127 e. The summed E-state index contributed by atoms with van der Waals surface area (Å²) in [4.78, 5) is 2.17. The Hall–Kier alpha value is -0.160. The lowest BCUT2D eigenvalue weighted by Crippen LogP contribution is -2.46. The summed E-state index contributed by atoms with van der Waals surface area (Å²) in [5.74, 6) is 0.336. The summed E-state index contributed by atoms with van der Waals surface area (Å²) in [5.41, 5.74) is 0.691. The minimum absolute atomic E-state index is 0.170. The van der Waals surface area contributed by atoms with Crippen LogP contribution in [0.2, 0.25) is 0 Å². The van der Waals surface area contributed by atoms with Crippen molar-refractivity contribution in [2.45, 2.75) is 12.6 Å². The zero-order valence-electron chi connectivity index (χ0n) is 9.33.